The maximum atomic E-state index is 12.7. The van der Waals surface area contributed by atoms with Gasteiger partial charge in [0.2, 0.25) is 11.8 Å². The highest BCUT2D eigenvalue weighted by Gasteiger charge is 2.19. The molecule has 4 rings (SSSR count). The van der Waals surface area contributed by atoms with Gasteiger partial charge in [0.25, 0.3) is 5.56 Å². The van der Waals surface area contributed by atoms with Gasteiger partial charge in [-0.1, -0.05) is 36.7 Å². The number of carbonyl (C=O) groups excluding carboxylic acids is 2. The van der Waals surface area contributed by atoms with E-state index in [0.717, 1.165) is 53.4 Å². The lowest BCUT2D eigenvalue weighted by atomic mass is 9.98. The number of hydrogen-bond acceptors (Lipinski definition) is 7. The largest absolute Gasteiger partial charge is 0.497 e. The number of hydrogen-bond donors (Lipinski definition) is 3. The van der Waals surface area contributed by atoms with Crippen molar-refractivity contribution in [1.82, 2.24) is 20.8 Å². The highest BCUT2D eigenvalue weighted by Crippen LogP contribution is 2.33. The van der Waals surface area contributed by atoms with E-state index in [1.807, 2.05) is 0 Å². The van der Waals surface area contributed by atoms with E-state index in [-0.39, 0.29) is 29.5 Å². The molecule has 10 heteroatoms. The van der Waals surface area contributed by atoms with Crippen LogP contribution in [0, 0.1) is 0 Å². The van der Waals surface area contributed by atoms with Crippen molar-refractivity contribution in [2.75, 3.05) is 12.9 Å². The first-order chi connectivity index (χ1) is 16.0. The molecule has 3 aromatic rings. The summed E-state index contributed by atoms with van der Waals surface area (Å²) in [6.07, 6.45) is 6.71. The van der Waals surface area contributed by atoms with Gasteiger partial charge in [-0.05, 0) is 48.9 Å². The Morgan fingerprint density at radius 1 is 1.09 bits per heavy atom. The summed E-state index contributed by atoms with van der Waals surface area (Å²) in [6.45, 7) is 0. The Balaban J connectivity index is 1.31. The molecule has 8 nitrogen and oxygen atoms in total. The molecule has 0 atom stereocenters. The molecule has 1 aliphatic rings. The second kappa shape index (κ2) is 10.8. The van der Waals surface area contributed by atoms with Crippen molar-refractivity contribution < 1.29 is 14.3 Å². The minimum absolute atomic E-state index is 0.0162. The monoisotopic (exact) mass is 486 g/mol. The van der Waals surface area contributed by atoms with Crippen LogP contribution in [0.4, 0.5) is 0 Å². The van der Waals surface area contributed by atoms with Crippen molar-refractivity contribution in [2.24, 2.45) is 0 Å². The minimum atomic E-state index is -0.385. The zero-order valence-electron chi connectivity index (χ0n) is 18.4. The van der Waals surface area contributed by atoms with Crippen LogP contribution in [0.1, 0.15) is 41.7 Å². The molecule has 1 aromatic carbocycles. The lowest BCUT2D eigenvalue weighted by molar-refractivity contribution is -0.127. The Morgan fingerprint density at radius 3 is 2.58 bits per heavy atom. The van der Waals surface area contributed by atoms with Crippen molar-refractivity contribution in [3.05, 3.63) is 50.6 Å². The van der Waals surface area contributed by atoms with E-state index >= 15 is 0 Å². The number of thiophene rings is 1. The number of methoxy groups -OCH3 is 1. The molecule has 0 bridgehead atoms. The normalized spacial score (nSPS) is 13.6. The average molecular weight is 487 g/mol. The highest BCUT2D eigenvalue weighted by atomic mass is 32.2. The first kappa shape index (κ1) is 23.3. The van der Waals surface area contributed by atoms with Gasteiger partial charge in [0.15, 0.2) is 5.16 Å². The molecule has 3 N–H and O–H groups in total. The number of carbonyl (C=O) groups is 2. The van der Waals surface area contributed by atoms with Gasteiger partial charge in [0, 0.05) is 4.88 Å². The number of ether oxygens (including phenoxy) is 1. The van der Waals surface area contributed by atoms with Crippen LogP contribution >= 0.6 is 23.1 Å². The number of H-pyrrole nitrogens is 1. The molecule has 2 aromatic heterocycles. The molecule has 0 saturated carbocycles. The number of aromatic nitrogens is 2. The summed E-state index contributed by atoms with van der Waals surface area (Å²) in [5.41, 5.74) is 6.62. The zero-order valence-corrected chi connectivity index (χ0v) is 20.0. The predicted molar refractivity (Wildman–Crippen MR) is 130 cm³/mol. The van der Waals surface area contributed by atoms with Gasteiger partial charge in [-0.2, -0.15) is 0 Å². The van der Waals surface area contributed by atoms with Gasteiger partial charge >= 0.3 is 0 Å². The fourth-order valence-corrected chi connectivity index (χ4v) is 5.83. The number of aromatic amines is 1. The van der Waals surface area contributed by atoms with Crippen molar-refractivity contribution >= 4 is 45.1 Å². The van der Waals surface area contributed by atoms with Crippen LogP contribution in [-0.2, 0) is 28.9 Å². The van der Waals surface area contributed by atoms with Crippen LogP contribution in [0.25, 0.3) is 10.2 Å². The molecular weight excluding hydrogens is 460 g/mol. The Bertz CT molecular complexity index is 1200. The highest BCUT2D eigenvalue weighted by molar-refractivity contribution is 7.99. The molecule has 0 unspecified atom stereocenters. The van der Waals surface area contributed by atoms with Crippen LogP contribution < -0.4 is 21.1 Å². The molecule has 0 spiro atoms. The van der Waals surface area contributed by atoms with Crippen LogP contribution in [0.2, 0.25) is 0 Å². The summed E-state index contributed by atoms with van der Waals surface area (Å²) in [5.74, 6) is 0.0114. The number of aryl methyl sites for hydroxylation is 2. The third-order valence-corrected chi connectivity index (χ3v) is 7.57. The summed E-state index contributed by atoms with van der Waals surface area (Å²) < 4.78 is 5.09. The maximum Gasteiger partial charge on any atom is 0.260 e. The van der Waals surface area contributed by atoms with Crippen molar-refractivity contribution in [3.8, 4) is 5.75 Å². The summed E-state index contributed by atoms with van der Waals surface area (Å²) in [4.78, 5) is 46.4. The first-order valence-corrected chi connectivity index (χ1v) is 12.7. The SMILES string of the molecule is COc1ccc(CC(=O)NNC(=O)CSc2nc3sc4c(c3c(=O)[nH]2)CCCCCC4)cc1. The Labute approximate surface area is 199 Å². The number of benzene rings is 1. The topological polar surface area (TPSA) is 113 Å². The standard InChI is InChI=1S/C23H26N4O4S2/c1-31-15-10-8-14(9-11-15)12-18(28)26-27-19(29)13-32-23-24-21(30)20-16-6-4-2-3-5-7-17(16)33-22(20)25-23/h8-11H,2-7,12-13H2,1H3,(H,26,28)(H,27,29)(H,24,25,30). The predicted octanol–water partition coefficient (Wildman–Crippen LogP) is 3.13. The zero-order chi connectivity index (χ0) is 23.2. The number of nitrogens with zero attached hydrogens (tertiary/aromatic N) is 1. The summed E-state index contributed by atoms with van der Waals surface area (Å²) >= 11 is 2.73. The molecular formula is C23H26N4O4S2. The smallest absolute Gasteiger partial charge is 0.260 e. The average Bonchev–Trinajstić information content (AvgIpc) is 3.13. The third kappa shape index (κ3) is 5.94. The number of hydrazine groups is 1. The van der Waals surface area contributed by atoms with E-state index in [1.165, 1.54) is 17.7 Å². The van der Waals surface area contributed by atoms with E-state index in [1.54, 1.807) is 42.7 Å². The van der Waals surface area contributed by atoms with Crippen molar-refractivity contribution in [2.45, 2.75) is 50.1 Å². The molecule has 0 saturated heterocycles. The lowest BCUT2D eigenvalue weighted by Crippen LogP contribution is -2.43. The Hall–Kier alpha value is -2.85. The fraction of sp³-hybridized carbons (Fsp3) is 0.391. The summed E-state index contributed by atoms with van der Waals surface area (Å²) in [6, 6.07) is 7.13. The molecule has 174 valence electrons. The van der Waals surface area contributed by atoms with Gasteiger partial charge in [-0.25, -0.2) is 4.98 Å². The van der Waals surface area contributed by atoms with Crippen LogP contribution in [0.15, 0.2) is 34.2 Å². The van der Waals surface area contributed by atoms with Crippen LogP contribution in [0.5, 0.6) is 5.75 Å². The molecule has 0 radical (unpaired) electrons. The third-order valence-electron chi connectivity index (χ3n) is 5.51. The van der Waals surface area contributed by atoms with Gasteiger partial charge in [-0.15, -0.1) is 11.3 Å². The van der Waals surface area contributed by atoms with Gasteiger partial charge in [-0.3, -0.25) is 25.2 Å². The Morgan fingerprint density at radius 2 is 1.82 bits per heavy atom. The van der Waals surface area contributed by atoms with E-state index in [2.05, 4.69) is 20.8 Å². The number of amides is 2. The van der Waals surface area contributed by atoms with Gasteiger partial charge in [0.1, 0.15) is 10.6 Å². The summed E-state index contributed by atoms with van der Waals surface area (Å²) in [5, 5.41) is 1.11. The molecule has 33 heavy (non-hydrogen) atoms. The molecule has 0 fully saturated rings. The van der Waals surface area contributed by atoms with Crippen molar-refractivity contribution in [3.63, 3.8) is 0 Å². The number of fused-ring (bicyclic) bond motifs is 3. The second-order valence-corrected chi connectivity index (χ2v) is 9.93. The minimum Gasteiger partial charge on any atom is -0.497 e. The van der Waals surface area contributed by atoms with E-state index < -0.39 is 0 Å². The van der Waals surface area contributed by atoms with Crippen LogP contribution in [-0.4, -0.2) is 34.6 Å². The lowest BCUT2D eigenvalue weighted by Gasteiger charge is -2.09. The fourth-order valence-electron chi connectivity index (χ4n) is 3.85. The van der Waals surface area contributed by atoms with Crippen molar-refractivity contribution in [1.29, 1.82) is 0 Å². The van der Waals surface area contributed by atoms with E-state index in [4.69, 9.17) is 4.74 Å². The number of nitrogens with one attached hydrogen (secondary N) is 3. The molecule has 1 aliphatic carbocycles. The molecule has 0 aliphatic heterocycles. The van der Waals surface area contributed by atoms with Gasteiger partial charge < -0.3 is 9.72 Å². The Kier molecular flexibility index (Phi) is 7.66. The number of thioether (sulfide) groups is 1. The first-order valence-electron chi connectivity index (χ1n) is 10.9. The second-order valence-electron chi connectivity index (χ2n) is 7.88. The number of rotatable bonds is 6. The van der Waals surface area contributed by atoms with E-state index in [0.29, 0.717) is 16.3 Å². The molecule has 2 amide bonds. The van der Waals surface area contributed by atoms with Gasteiger partial charge in [0.05, 0.1) is 24.7 Å². The van der Waals surface area contributed by atoms with E-state index in [9.17, 15) is 14.4 Å². The quantitative estimate of drug-likeness (QED) is 0.280. The maximum absolute atomic E-state index is 12.7. The molecule has 2 heterocycles. The summed E-state index contributed by atoms with van der Waals surface area (Å²) in [7, 11) is 1.58. The van der Waals surface area contributed by atoms with Crippen LogP contribution in [0.3, 0.4) is 0 Å².